The van der Waals surface area contributed by atoms with Gasteiger partial charge in [-0.25, -0.2) is 13.8 Å². The zero-order valence-corrected chi connectivity index (χ0v) is 14.4. The average Bonchev–Trinajstić information content (AvgIpc) is 3.46. The fraction of sp³-hybridized carbons (Fsp3) is 0.400. The Bertz CT molecular complexity index is 739. The summed E-state index contributed by atoms with van der Waals surface area (Å²) in [5.41, 5.74) is 0.899. The van der Waals surface area contributed by atoms with Crippen molar-refractivity contribution in [3.63, 3.8) is 0 Å². The van der Waals surface area contributed by atoms with E-state index in [0.29, 0.717) is 48.8 Å². The van der Waals surface area contributed by atoms with Gasteiger partial charge in [0.15, 0.2) is 17.4 Å². The van der Waals surface area contributed by atoms with Crippen LogP contribution in [0.25, 0.3) is 11.1 Å². The summed E-state index contributed by atoms with van der Waals surface area (Å²) in [5.74, 6) is -1.02. The molecular formula is C20H21F2NO3. The number of ether oxygens (including phenoxy) is 2. The van der Waals surface area contributed by atoms with E-state index < -0.39 is 17.4 Å². The number of aromatic nitrogens is 1. The molecule has 1 aliphatic carbocycles. The van der Waals surface area contributed by atoms with E-state index in [1.54, 1.807) is 18.3 Å². The molecule has 1 aromatic carbocycles. The van der Waals surface area contributed by atoms with Crippen molar-refractivity contribution in [3.8, 4) is 22.8 Å². The van der Waals surface area contributed by atoms with Crippen LogP contribution in [0.3, 0.4) is 0 Å². The predicted octanol–water partition coefficient (Wildman–Crippen LogP) is 4.56. The highest BCUT2D eigenvalue weighted by molar-refractivity contribution is 5.69. The number of hydrogen-bond acceptors (Lipinski definition) is 4. The molecule has 1 aromatic heterocycles. The number of carbonyl (C=O) groups is 1. The molecule has 1 saturated carbocycles. The highest BCUT2D eigenvalue weighted by Gasteiger charge is 2.23. The third-order valence-corrected chi connectivity index (χ3v) is 4.20. The van der Waals surface area contributed by atoms with Gasteiger partial charge in [-0.2, -0.15) is 0 Å². The molecule has 0 spiro atoms. The Morgan fingerprint density at radius 3 is 2.62 bits per heavy atom. The maximum Gasteiger partial charge on any atom is 0.221 e. The Morgan fingerprint density at radius 1 is 1.15 bits per heavy atom. The first-order valence-electron chi connectivity index (χ1n) is 8.82. The van der Waals surface area contributed by atoms with Crippen LogP contribution in [0.15, 0.2) is 30.5 Å². The smallest absolute Gasteiger partial charge is 0.221 e. The van der Waals surface area contributed by atoms with Gasteiger partial charge >= 0.3 is 0 Å². The molecule has 0 atom stereocenters. The Balaban J connectivity index is 1.73. The van der Waals surface area contributed by atoms with E-state index in [1.807, 2.05) is 0 Å². The topological polar surface area (TPSA) is 48.4 Å². The second-order valence-electron chi connectivity index (χ2n) is 6.39. The summed E-state index contributed by atoms with van der Waals surface area (Å²) in [7, 11) is 0. The number of aldehydes is 1. The molecule has 6 heteroatoms. The summed E-state index contributed by atoms with van der Waals surface area (Å²) in [5, 5.41) is 0. The first-order chi connectivity index (χ1) is 12.7. The molecule has 1 heterocycles. The molecule has 0 amide bonds. The van der Waals surface area contributed by atoms with Crippen LogP contribution in [0.4, 0.5) is 8.78 Å². The molecule has 4 nitrogen and oxygen atoms in total. The van der Waals surface area contributed by atoms with Crippen molar-refractivity contribution in [1.29, 1.82) is 0 Å². The number of pyridine rings is 1. The molecule has 3 rings (SSSR count). The van der Waals surface area contributed by atoms with Gasteiger partial charge < -0.3 is 14.3 Å². The zero-order chi connectivity index (χ0) is 18.4. The molecule has 0 unspecified atom stereocenters. The SMILES string of the molecule is O=CCCCCOc1c(F)cc(-c2cccnc2OCC2CC2)cc1F. The molecule has 138 valence electrons. The van der Waals surface area contributed by atoms with E-state index in [4.69, 9.17) is 9.47 Å². The minimum absolute atomic E-state index is 0.156. The third-order valence-electron chi connectivity index (χ3n) is 4.20. The second-order valence-corrected chi connectivity index (χ2v) is 6.39. The predicted molar refractivity (Wildman–Crippen MR) is 93.2 cm³/mol. The van der Waals surface area contributed by atoms with Crippen LogP contribution < -0.4 is 9.47 Å². The van der Waals surface area contributed by atoms with E-state index in [9.17, 15) is 13.6 Å². The van der Waals surface area contributed by atoms with Crippen molar-refractivity contribution in [1.82, 2.24) is 4.98 Å². The van der Waals surface area contributed by atoms with Gasteiger partial charge in [-0.1, -0.05) is 0 Å². The zero-order valence-electron chi connectivity index (χ0n) is 14.4. The Hall–Kier alpha value is -2.50. The monoisotopic (exact) mass is 361 g/mol. The minimum atomic E-state index is -0.771. The van der Waals surface area contributed by atoms with Gasteiger partial charge in [0.25, 0.3) is 0 Å². The normalized spacial score (nSPS) is 13.5. The van der Waals surface area contributed by atoms with E-state index in [1.165, 1.54) is 12.1 Å². The van der Waals surface area contributed by atoms with Crippen molar-refractivity contribution in [3.05, 3.63) is 42.1 Å². The van der Waals surface area contributed by atoms with Gasteiger partial charge in [-0.3, -0.25) is 0 Å². The van der Waals surface area contributed by atoms with Crippen LogP contribution in [0.1, 0.15) is 32.1 Å². The lowest BCUT2D eigenvalue weighted by atomic mass is 10.1. The highest BCUT2D eigenvalue weighted by atomic mass is 19.1. The maximum absolute atomic E-state index is 14.3. The quantitative estimate of drug-likeness (QED) is 0.460. The summed E-state index contributed by atoms with van der Waals surface area (Å²) in [6, 6.07) is 5.88. The largest absolute Gasteiger partial charge is 0.488 e. The van der Waals surface area contributed by atoms with Crippen LogP contribution >= 0.6 is 0 Å². The highest BCUT2D eigenvalue weighted by Crippen LogP contribution is 2.35. The van der Waals surface area contributed by atoms with Gasteiger partial charge in [0.05, 0.1) is 13.2 Å². The molecule has 0 bridgehead atoms. The molecule has 1 fully saturated rings. The lowest BCUT2D eigenvalue weighted by Gasteiger charge is -2.12. The van der Waals surface area contributed by atoms with Gasteiger partial charge in [0, 0.05) is 18.2 Å². The molecule has 0 radical (unpaired) electrons. The van der Waals surface area contributed by atoms with E-state index >= 15 is 0 Å². The van der Waals surface area contributed by atoms with E-state index in [-0.39, 0.29) is 6.61 Å². The standard InChI is InChI=1S/C20H21F2NO3/c21-17-11-15(12-18(22)19(17)25-10-3-1-2-9-24)16-5-4-8-23-20(16)26-13-14-6-7-14/h4-5,8-9,11-12,14H,1-3,6-7,10,13H2. The number of carbonyl (C=O) groups excluding carboxylic acids is 1. The molecule has 26 heavy (non-hydrogen) atoms. The number of hydrogen-bond donors (Lipinski definition) is 0. The molecule has 2 aromatic rings. The second kappa shape index (κ2) is 8.74. The number of halogens is 2. The first-order valence-corrected chi connectivity index (χ1v) is 8.82. The lowest BCUT2D eigenvalue weighted by Crippen LogP contribution is -2.04. The van der Waals surface area contributed by atoms with Gasteiger partial charge in [-0.05, 0) is 61.4 Å². The number of unbranched alkanes of at least 4 members (excludes halogenated alkanes) is 2. The molecule has 1 aliphatic rings. The maximum atomic E-state index is 14.3. The van der Waals surface area contributed by atoms with Crippen LogP contribution in [0.2, 0.25) is 0 Å². The molecule has 0 N–H and O–H groups in total. The van der Waals surface area contributed by atoms with Gasteiger partial charge in [0.1, 0.15) is 6.29 Å². The summed E-state index contributed by atoms with van der Waals surface area (Å²) >= 11 is 0. The Kier molecular flexibility index (Phi) is 6.15. The summed E-state index contributed by atoms with van der Waals surface area (Å²) in [6.45, 7) is 0.723. The fourth-order valence-electron chi connectivity index (χ4n) is 2.56. The van der Waals surface area contributed by atoms with Crippen molar-refractivity contribution in [2.75, 3.05) is 13.2 Å². The summed E-state index contributed by atoms with van der Waals surface area (Å²) < 4.78 is 39.6. The Morgan fingerprint density at radius 2 is 1.92 bits per heavy atom. The third kappa shape index (κ3) is 4.77. The summed E-state index contributed by atoms with van der Waals surface area (Å²) in [4.78, 5) is 14.4. The lowest BCUT2D eigenvalue weighted by molar-refractivity contribution is -0.107. The van der Waals surface area contributed by atoms with Gasteiger partial charge in [0.2, 0.25) is 5.88 Å². The number of benzene rings is 1. The van der Waals surface area contributed by atoms with Crippen LogP contribution in [0.5, 0.6) is 11.6 Å². The van der Waals surface area contributed by atoms with Crippen molar-refractivity contribution >= 4 is 6.29 Å². The Labute approximate surface area is 151 Å². The number of rotatable bonds is 10. The number of nitrogens with zero attached hydrogens (tertiary/aromatic N) is 1. The van der Waals surface area contributed by atoms with Crippen molar-refractivity contribution in [2.24, 2.45) is 5.92 Å². The van der Waals surface area contributed by atoms with Crippen molar-refractivity contribution < 1.29 is 23.0 Å². The minimum Gasteiger partial charge on any atom is -0.488 e. The average molecular weight is 361 g/mol. The first kappa shape index (κ1) is 18.3. The molecular weight excluding hydrogens is 340 g/mol. The van der Waals surface area contributed by atoms with Gasteiger partial charge in [-0.15, -0.1) is 0 Å². The van der Waals surface area contributed by atoms with Crippen molar-refractivity contribution in [2.45, 2.75) is 32.1 Å². The fourth-order valence-corrected chi connectivity index (χ4v) is 2.56. The van der Waals surface area contributed by atoms with E-state index in [0.717, 1.165) is 19.1 Å². The van der Waals surface area contributed by atoms with E-state index in [2.05, 4.69) is 4.98 Å². The van der Waals surface area contributed by atoms with Crippen LogP contribution in [-0.2, 0) is 4.79 Å². The van der Waals surface area contributed by atoms with Crippen LogP contribution in [-0.4, -0.2) is 24.5 Å². The van der Waals surface area contributed by atoms with Crippen LogP contribution in [0, 0.1) is 17.6 Å². The molecule has 0 aliphatic heterocycles. The molecule has 0 saturated heterocycles. The summed E-state index contributed by atoms with van der Waals surface area (Å²) in [6.07, 6.45) is 6.29.